The minimum absolute atomic E-state index is 0.0869. The third-order valence-electron chi connectivity index (χ3n) is 2.48. The van der Waals surface area contributed by atoms with E-state index in [1.807, 2.05) is 24.3 Å². The van der Waals surface area contributed by atoms with Crippen molar-refractivity contribution in [3.63, 3.8) is 0 Å². The van der Waals surface area contributed by atoms with Gasteiger partial charge in [-0.25, -0.2) is 0 Å². The Labute approximate surface area is 108 Å². The summed E-state index contributed by atoms with van der Waals surface area (Å²) in [5.41, 5.74) is 0.750. The fourth-order valence-corrected chi connectivity index (χ4v) is 1.62. The summed E-state index contributed by atoms with van der Waals surface area (Å²) in [7, 11) is 0. The summed E-state index contributed by atoms with van der Waals surface area (Å²) in [6.07, 6.45) is 3.93. The van der Waals surface area contributed by atoms with Crippen LogP contribution in [0.2, 0.25) is 0 Å². The molecule has 0 unspecified atom stereocenters. The van der Waals surface area contributed by atoms with Crippen molar-refractivity contribution in [2.75, 3.05) is 18.5 Å². The molecule has 1 amide bonds. The van der Waals surface area contributed by atoms with Crippen LogP contribution in [-0.2, 0) is 4.79 Å². The molecule has 0 heterocycles. The topological polar surface area (TPSA) is 58.6 Å². The quantitative estimate of drug-likeness (QED) is 0.698. The third kappa shape index (κ3) is 6.25. The molecule has 1 rings (SSSR count). The van der Waals surface area contributed by atoms with E-state index in [-0.39, 0.29) is 12.5 Å². The number of hydrogen-bond donors (Lipinski definition) is 2. The molecule has 0 spiro atoms. The van der Waals surface area contributed by atoms with E-state index in [1.54, 1.807) is 0 Å². The number of carbonyl (C=O) groups is 1. The van der Waals surface area contributed by atoms with Crippen molar-refractivity contribution in [1.82, 2.24) is 0 Å². The van der Waals surface area contributed by atoms with Gasteiger partial charge in [0.25, 0.3) is 0 Å². The molecule has 0 saturated carbocycles. The lowest BCUT2D eigenvalue weighted by molar-refractivity contribution is -0.114. The molecule has 0 atom stereocenters. The molecule has 4 nitrogen and oxygen atoms in total. The zero-order valence-corrected chi connectivity index (χ0v) is 10.8. The fraction of sp³-hybridized carbons (Fsp3) is 0.500. The predicted molar refractivity (Wildman–Crippen MR) is 71.8 cm³/mol. The first-order chi connectivity index (χ1) is 8.72. The summed E-state index contributed by atoms with van der Waals surface area (Å²) in [5.74, 6) is 0.680. The second-order valence-electron chi connectivity index (χ2n) is 4.20. The molecule has 0 aliphatic rings. The van der Waals surface area contributed by atoms with Crippen LogP contribution < -0.4 is 10.1 Å². The Kier molecular flexibility index (Phi) is 6.87. The van der Waals surface area contributed by atoms with Crippen LogP contribution in [0.25, 0.3) is 0 Å². The first-order valence-corrected chi connectivity index (χ1v) is 6.33. The summed E-state index contributed by atoms with van der Waals surface area (Å²) in [6.45, 7) is 2.41. The number of aliphatic hydroxyl groups excluding tert-OH is 1. The van der Waals surface area contributed by atoms with Crippen molar-refractivity contribution in [3.05, 3.63) is 24.3 Å². The molecular formula is C14H21NO3. The highest BCUT2D eigenvalue weighted by atomic mass is 16.5. The summed E-state index contributed by atoms with van der Waals surface area (Å²) < 4.78 is 5.59. The minimum Gasteiger partial charge on any atom is -0.494 e. The molecule has 2 N–H and O–H groups in total. The van der Waals surface area contributed by atoms with Gasteiger partial charge in [0, 0.05) is 25.3 Å². The van der Waals surface area contributed by atoms with E-state index in [2.05, 4.69) is 5.32 Å². The molecule has 1 aromatic carbocycles. The van der Waals surface area contributed by atoms with E-state index in [1.165, 1.54) is 6.92 Å². The SMILES string of the molecule is CC(=O)Nc1cccc(OCCCCCCO)c1. The number of aliphatic hydroxyl groups is 1. The van der Waals surface area contributed by atoms with E-state index < -0.39 is 0 Å². The van der Waals surface area contributed by atoms with Crippen molar-refractivity contribution in [3.8, 4) is 5.75 Å². The van der Waals surface area contributed by atoms with E-state index in [0.717, 1.165) is 37.1 Å². The highest BCUT2D eigenvalue weighted by Gasteiger charge is 1.98. The van der Waals surface area contributed by atoms with Crippen molar-refractivity contribution in [1.29, 1.82) is 0 Å². The van der Waals surface area contributed by atoms with Crippen LogP contribution in [-0.4, -0.2) is 24.2 Å². The van der Waals surface area contributed by atoms with Gasteiger partial charge in [0.15, 0.2) is 0 Å². The van der Waals surface area contributed by atoms with Crippen LogP contribution in [0.1, 0.15) is 32.6 Å². The molecule has 0 saturated heterocycles. The molecule has 0 aromatic heterocycles. The van der Waals surface area contributed by atoms with Gasteiger partial charge in [-0.05, 0) is 31.4 Å². The average molecular weight is 251 g/mol. The highest BCUT2D eigenvalue weighted by molar-refractivity contribution is 5.88. The number of unbranched alkanes of at least 4 members (excludes halogenated alkanes) is 3. The summed E-state index contributed by atoms with van der Waals surface area (Å²) in [5, 5.41) is 11.4. The fourth-order valence-electron chi connectivity index (χ4n) is 1.62. The van der Waals surface area contributed by atoms with Gasteiger partial charge in [0.05, 0.1) is 6.61 Å². The second-order valence-corrected chi connectivity index (χ2v) is 4.20. The van der Waals surface area contributed by atoms with Crippen LogP contribution in [0.3, 0.4) is 0 Å². The van der Waals surface area contributed by atoms with Crippen molar-refractivity contribution < 1.29 is 14.6 Å². The van der Waals surface area contributed by atoms with Gasteiger partial charge in [0.2, 0.25) is 5.91 Å². The number of rotatable bonds is 8. The third-order valence-corrected chi connectivity index (χ3v) is 2.48. The highest BCUT2D eigenvalue weighted by Crippen LogP contribution is 2.17. The molecule has 0 radical (unpaired) electrons. The lowest BCUT2D eigenvalue weighted by atomic mass is 10.2. The Hall–Kier alpha value is -1.55. The number of benzene rings is 1. The Bertz CT molecular complexity index is 366. The van der Waals surface area contributed by atoms with Gasteiger partial charge in [-0.2, -0.15) is 0 Å². The standard InChI is InChI=1S/C14H21NO3/c1-12(17)15-13-7-6-8-14(11-13)18-10-5-3-2-4-9-16/h6-8,11,16H,2-5,9-10H2,1H3,(H,15,17). The molecule has 18 heavy (non-hydrogen) atoms. The van der Waals surface area contributed by atoms with Gasteiger partial charge in [-0.3, -0.25) is 4.79 Å². The van der Waals surface area contributed by atoms with Crippen molar-refractivity contribution >= 4 is 11.6 Å². The van der Waals surface area contributed by atoms with Crippen LogP contribution >= 0.6 is 0 Å². The zero-order valence-electron chi connectivity index (χ0n) is 10.8. The smallest absolute Gasteiger partial charge is 0.221 e. The number of nitrogens with one attached hydrogen (secondary N) is 1. The number of carbonyl (C=O) groups excluding carboxylic acids is 1. The number of hydrogen-bond acceptors (Lipinski definition) is 3. The first-order valence-electron chi connectivity index (χ1n) is 6.33. The van der Waals surface area contributed by atoms with Gasteiger partial charge in [0.1, 0.15) is 5.75 Å². The van der Waals surface area contributed by atoms with Crippen molar-refractivity contribution in [2.24, 2.45) is 0 Å². The Morgan fingerprint density at radius 2 is 2.06 bits per heavy atom. The van der Waals surface area contributed by atoms with Crippen LogP contribution in [0, 0.1) is 0 Å². The van der Waals surface area contributed by atoms with Crippen molar-refractivity contribution in [2.45, 2.75) is 32.6 Å². The number of amides is 1. The van der Waals surface area contributed by atoms with Crippen LogP contribution in [0.5, 0.6) is 5.75 Å². The normalized spacial score (nSPS) is 10.1. The summed E-state index contributed by atoms with van der Waals surface area (Å²) in [4.78, 5) is 10.9. The predicted octanol–water partition coefficient (Wildman–Crippen LogP) is 2.58. The molecule has 1 aromatic rings. The molecule has 0 bridgehead atoms. The molecule has 0 aliphatic carbocycles. The Morgan fingerprint density at radius 3 is 2.78 bits per heavy atom. The molecular weight excluding hydrogens is 230 g/mol. The largest absolute Gasteiger partial charge is 0.494 e. The summed E-state index contributed by atoms with van der Waals surface area (Å²) in [6, 6.07) is 7.37. The summed E-state index contributed by atoms with van der Waals surface area (Å²) >= 11 is 0. The van der Waals surface area contributed by atoms with Gasteiger partial charge in [-0.15, -0.1) is 0 Å². The number of anilines is 1. The maximum atomic E-state index is 10.9. The van der Waals surface area contributed by atoms with Gasteiger partial charge < -0.3 is 15.2 Å². The second kappa shape index (κ2) is 8.53. The molecule has 100 valence electrons. The maximum absolute atomic E-state index is 10.9. The van der Waals surface area contributed by atoms with E-state index in [9.17, 15) is 4.79 Å². The van der Waals surface area contributed by atoms with Gasteiger partial charge in [-0.1, -0.05) is 12.5 Å². The minimum atomic E-state index is -0.0869. The average Bonchev–Trinajstić information content (AvgIpc) is 2.33. The molecule has 0 fully saturated rings. The Balaban J connectivity index is 2.27. The molecule has 4 heteroatoms. The zero-order chi connectivity index (χ0) is 13.2. The first kappa shape index (κ1) is 14.5. The van der Waals surface area contributed by atoms with E-state index in [4.69, 9.17) is 9.84 Å². The Morgan fingerprint density at radius 1 is 1.28 bits per heavy atom. The van der Waals surface area contributed by atoms with Crippen LogP contribution in [0.4, 0.5) is 5.69 Å². The van der Waals surface area contributed by atoms with Crippen LogP contribution in [0.15, 0.2) is 24.3 Å². The van der Waals surface area contributed by atoms with E-state index >= 15 is 0 Å². The monoisotopic (exact) mass is 251 g/mol. The maximum Gasteiger partial charge on any atom is 0.221 e. The van der Waals surface area contributed by atoms with Gasteiger partial charge >= 0.3 is 0 Å². The van der Waals surface area contributed by atoms with E-state index in [0.29, 0.717) is 6.61 Å². The lowest BCUT2D eigenvalue weighted by Crippen LogP contribution is -2.06. The molecule has 0 aliphatic heterocycles. The number of ether oxygens (including phenoxy) is 1. The lowest BCUT2D eigenvalue weighted by Gasteiger charge is -2.08.